The number of hydrogen-bond donors (Lipinski definition) is 2. The van der Waals surface area contributed by atoms with Gasteiger partial charge in [0.2, 0.25) is 0 Å². The van der Waals surface area contributed by atoms with Crippen molar-refractivity contribution in [3.05, 3.63) is 46.9 Å². The molecule has 2 atom stereocenters. The number of amides is 4. The topological polar surface area (TPSA) is 94.2 Å². The predicted molar refractivity (Wildman–Crippen MR) is 130 cm³/mol. The highest BCUT2D eigenvalue weighted by atomic mass is 19.1. The maximum atomic E-state index is 13.6. The second-order valence-electron chi connectivity index (χ2n) is 9.14. The number of piperazine rings is 1. The number of halogens is 1. The van der Waals surface area contributed by atoms with Crippen LogP contribution in [-0.2, 0) is 9.53 Å². The van der Waals surface area contributed by atoms with Crippen LogP contribution in [0.5, 0.6) is 0 Å². The standard InChI is InChI=1S/C25H36FN5O4/c1-6-30-20(15-29-12-13-31(17(5)14-29)24(33)27-16(3)4)21(23(32)35-7-2)22(28-25(30)34)18-8-10-19(26)11-9-18/h8-11,16-17,22H,6-7,12-15H2,1-5H3,(H,27,33)(H,28,34)/t17-,22-/m1/s1. The summed E-state index contributed by atoms with van der Waals surface area (Å²) in [4.78, 5) is 44.2. The van der Waals surface area contributed by atoms with Gasteiger partial charge >= 0.3 is 18.0 Å². The van der Waals surface area contributed by atoms with Gasteiger partial charge in [0.05, 0.1) is 18.2 Å². The lowest BCUT2D eigenvalue weighted by atomic mass is 9.94. The van der Waals surface area contributed by atoms with Gasteiger partial charge < -0.3 is 20.3 Å². The first-order valence-corrected chi connectivity index (χ1v) is 12.2. The van der Waals surface area contributed by atoms with Gasteiger partial charge in [-0.2, -0.15) is 0 Å². The van der Waals surface area contributed by atoms with Gasteiger partial charge in [0, 0.05) is 50.5 Å². The first-order valence-electron chi connectivity index (χ1n) is 12.2. The van der Waals surface area contributed by atoms with Gasteiger partial charge in [0.15, 0.2) is 0 Å². The molecule has 2 heterocycles. The summed E-state index contributed by atoms with van der Waals surface area (Å²) in [6.45, 7) is 12.0. The van der Waals surface area contributed by atoms with Crippen LogP contribution in [-0.4, -0.2) is 84.1 Å². The first kappa shape index (κ1) is 26.5. The Hall–Kier alpha value is -3.14. The highest BCUT2D eigenvalue weighted by Crippen LogP contribution is 2.32. The molecule has 2 N–H and O–H groups in total. The molecule has 192 valence electrons. The molecular formula is C25H36FN5O4. The Labute approximate surface area is 206 Å². The minimum atomic E-state index is -0.754. The van der Waals surface area contributed by atoms with E-state index in [4.69, 9.17) is 4.74 Å². The molecule has 0 saturated carbocycles. The SMILES string of the molecule is CCOC(=O)C1=C(CN2CCN(C(=O)NC(C)C)[C@H](C)C2)N(CC)C(=O)N[C@@H]1c1ccc(F)cc1. The fraction of sp³-hybridized carbons (Fsp3) is 0.560. The minimum Gasteiger partial charge on any atom is -0.463 e. The summed E-state index contributed by atoms with van der Waals surface area (Å²) in [6.07, 6.45) is 0. The number of carbonyl (C=O) groups is 3. The molecule has 35 heavy (non-hydrogen) atoms. The number of urea groups is 2. The van der Waals surface area contributed by atoms with E-state index >= 15 is 0 Å². The molecule has 2 aliphatic rings. The molecule has 9 nitrogen and oxygen atoms in total. The molecular weight excluding hydrogens is 453 g/mol. The smallest absolute Gasteiger partial charge is 0.338 e. The van der Waals surface area contributed by atoms with Crippen molar-refractivity contribution >= 4 is 18.0 Å². The number of hydrogen-bond acceptors (Lipinski definition) is 5. The fourth-order valence-corrected chi connectivity index (χ4v) is 4.58. The van der Waals surface area contributed by atoms with Gasteiger partial charge in [-0.25, -0.2) is 18.8 Å². The van der Waals surface area contributed by atoms with Crippen LogP contribution >= 0.6 is 0 Å². The molecule has 1 fully saturated rings. The Balaban J connectivity index is 1.93. The second-order valence-corrected chi connectivity index (χ2v) is 9.14. The Bertz CT molecular complexity index is 965. The van der Waals surface area contributed by atoms with Gasteiger partial charge in [0.1, 0.15) is 5.82 Å². The van der Waals surface area contributed by atoms with Gasteiger partial charge in [0.25, 0.3) is 0 Å². The lowest BCUT2D eigenvalue weighted by Gasteiger charge is -2.43. The number of esters is 1. The molecule has 0 bridgehead atoms. The summed E-state index contributed by atoms with van der Waals surface area (Å²) in [5.41, 5.74) is 1.50. The van der Waals surface area contributed by atoms with Crippen LogP contribution in [0, 0.1) is 5.82 Å². The average Bonchev–Trinajstić information content (AvgIpc) is 2.79. The van der Waals surface area contributed by atoms with E-state index in [2.05, 4.69) is 15.5 Å². The Morgan fingerprint density at radius 1 is 1.20 bits per heavy atom. The van der Waals surface area contributed by atoms with E-state index in [0.717, 1.165) is 0 Å². The maximum absolute atomic E-state index is 13.6. The highest BCUT2D eigenvalue weighted by Gasteiger charge is 2.39. The van der Waals surface area contributed by atoms with E-state index in [1.165, 1.54) is 12.1 Å². The normalized spacial score (nSPS) is 21.3. The Morgan fingerprint density at radius 3 is 2.46 bits per heavy atom. The molecule has 1 saturated heterocycles. The molecule has 1 aromatic carbocycles. The number of benzene rings is 1. The van der Waals surface area contributed by atoms with Gasteiger partial charge in [-0.15, -0.1) is 0 Å². The number of nitrogens with one attached hydrogen (secondary N) is 2. The van der Waals surface area contributed by atoms with Crippen molar-refractivity contribution < 1.29 is 23.5 Å². The number of carbonyl (C=O) groups excluding carboxylic acids is 3. The zero-order valence-corrected chi connectivity index (χ0v) is 21.1. The summed E-state index contributed by atoms with van der Waals surface area (Å²) in [6, 6.07) is 4.56. The molecule has 0 aromatic heterocycles. The van der Waals surface area contributed by atoms with Gasteiger partial charge in [-0.1, -0.05) is 12.1 Å². The molecule has 0 radical (unpaired) electrons. The third-order valence-electron chi connectivity index (χ3n) is 6.21. The number of rotatable bonds is 7. The molecule has 10 heteroatoms. The zero-order chi connectivity index (χ0) is 25.7. The maximum Gasteiger partial charge on any atom is 0.338 e. The predicted octanol–water partition coefficient (Wildman–Crippen LogP) is 2.85. The molecule has 4 amide bonds. The lowest BCUT2D eigenvalue weighted by Crippen LogP contribution is -2.58. The summed E-state index contributed by atoms with van der Waals surface area (Å²) in [5.74, 6) is -0.917. The number of likely N-dealkylation sites (N-methyl/N-ethyl adjacent to an activating group) is 1. The summed E-state index contributed by atoms with van der Waals surface area (Å²) in [7, 11) is 0. The third kappa shape index (κ3) is 6.11. The zero-order valence-electron chi connectivity index (χ0n) is 21.1. The minimum absolute atomic E-state index is 0.0467. The largest absolute Gasteiger partial charge is 0.463 e. The van der Waals surface area contributed by atoms with E-state index in [9.17, 15) is 18.8 Å². The third-order valence-corrected chi connectivity index (χ3v) is 6.21. The molecule has 3 rings (SSSR count). The van der Waals surface area contributed by atoms with Crippen LogP contribution in [0.3, 0.4) is 0 Å². The fourth-order valence-electron chi connectivity index (χ4n) is 4.58. The summed E-state index contributed by atoms with van der Waals surface area (Å²) >= 11 is 0. The van der Waals surface area contributed by atoms with Crippen molar-refractivity contribution in [2.45, 2.75) is 52.7 Å². The summed E-state index contributed by atoms with van der Waals surface area (Å²) < 4.78 is 18.9. The average molecular weight is 490 g/mol. The van der Waals surface area contributed by atoms with Crippen LogP contribution < -0.4 is 10.6 Å². The Morgan fingerprint density at radius 2 is 1.89 bits per heavy atom. The van der Waals surface area contributed by atoms with Crippen molar-refractivity contribution in [2.24, 2.45) is 0 Å². The van der Waals surface area contributed by atoms with E-state index < -0.39 is 17.8 Å². The van der Waals surface area contributed by atoms with Crippen molar-refractivity contribution in [2.75, 3.05) is 39.3 Å². The van der Waals surface area contributed by atoms with Crippen molar-refractivity contribution in [1.29, 1.82) is 0 Å². The summed E-state index contributed by atoms with van der Waals surface area (Å²) in [5, 5.41) is 5.82. The van der Waals surface area contributed by atoms with Crippen LogP contribution in [0.15, 0.2) is 35.5 Å². The Kier molecular flexibility index (Phi) is 8.71. The lowest BCUT2D eigenvalue weighted by molar-refractivity contribution is -0.139. The molecule has 2 aliphatic heterocycles. The quantitative estimate of drug-likeness (QED) is 0.575. The van der Waals surface area contributed by atoms with Crippen molar-refractivity contribution in [3.8, 4) is 0 Å². The van der Waals surface area contributed by atoms with Gasteiger partial charge in [-0.3, -0.25) is 9.80 Å². The van der Waals surface area contributed by atoms with Crippen molar-refractivity contribution in [3.63, 3.8) is 0 Å². The van der Waals surface area contributed by atoms with Crippen LogP contribution in [0.2, 0.25) is 0 Å². The van der Waals surface area contributed by atoms with Crippen LogP contribution in [0.25, 0.3) is 0 Å². The number of nitrogens with zero attached hydrogens (tertiary/aromatic N) is 3. The second kappa shape index (κ2) is 11.5. The van der Waals surface area contributed by atoms with Crippen molar-refractivity contribution in [1.82, 2.24) is 25.3 Å². The van der Waals surface area contributed by atoms with E-state index in [1.807, 2.05) is 32.6 Å². The molecule has 0 unspecified atom stereocenters. The molecule has 0 spiro atoms. The van der Waals surface area contributed by atoms with E-state index in [-0.39, 0.29) is 30.8 Å². The van der Waals surface area contributed by atoms with Crippen LogP contribution in [0.4, 0.5) is 14.0 Å². The van der Waals surface area contributed by atoms with E-state index in [1.54, 1.807) is 24.0 Å². The highest BCUT2D eigenvalue weighted by molar-refractivity contribution is 5.95. The number of ether oxygens (including phenoxy) is 1. The van der Waals surface area contributed by atoms with E-state index in [0.29, 0.717) is 49.6 Å². The first-order chi connectivity index (χ1) is 16.7. The molecule has 0 aliphatic carbocycles. The molecule has 1 aromatic rings. The van der Waals surface area contributed by atoms with Crippen LogP contribution in [0.1, 0.15) is 46.2 Å². The van der Waals surface area contributed by atoms with Gasteiger partial charge in [-0.05, 0) is 52.3 Å². The monoisotopic (exact) mass is 489 g/mol.